The van der Waals surface area contributed by atoms with Crippen molar-refractivity contribution in [3.63, 3.8) is 0 Å². The summed E-state index contributed by atoms with van der Waals surface area (Å²) in [6.07, 6.45) is 7.67. The minimum atomic E-state index is -1.19. The minimum Gasteiger partial charge on any atom is -0.488 e. The molecule has 1 aliphatic heterocycles. The van der Waals surface area contributed by atoms with Gasteiger partial charge in [-0.3, -0.25) is 19.8 Å². The maximum absolute atomic E-state index is 11.5. The van der Waals surface area contributed by atoms with E-state index in [0.29, 0.717) is 33.2 Å². The molecule has 0 saturated carbocycles. The maximum Gasteiger partial charge on any atom is 0.323 e. The normalized spacial score (nSPS) is 15.0. The van der Waals surface area contributed by atoms with Gasteiger partial charge in [-0.2, -0.15) is 10.4 Å². The van der Waals surface area contributed by atoms with Gasteiger partial charge in [0.1, 0.15) is 36.8 Å². The van der Waals surface area contributed by atoms with E-state index in [1.165, 1.54) is 6.20 Å². The number of nitrogens with zero attached hydrogens (tertiary/aromatic N) is 5. The first-order valence-corrected chi connectivity index (χ1v) is 18.5. The van der Waals surface area contributed by atoms with E-state index in [1.54, 1.807) is 24.4 Å². The van der Waals surface area contributed by atoms with Gasteiger partial charge in [-0.15, -0.1) is 0 Å². The molecular weight excluding hydrogens is 764 g/mol. The second-order valence-corrected chi connectivity index (χ2v) is 14.2. The summed E-state index contributed by atoms with van der Waals surface area (Å²) in [5.74, 6) is -0.454. The Morgan fingerprint density at radius 1 is 1.04 bits per heavy atom. The molecule has 0 unspecified atom stereocenters. The number of β-amino-alcohol motifs (C(OH)–C–C–N with tert-alkyl or cyclic N) is 1. The molecule has 5 aromatic rings. The Morgan fingerprint density at radius 2 is 1.83 bits per heavy atom. The summed E-state index contributed by atoms with van der Waals surface area (Å²) in [5, 5.41) is 46.8. The van der Waals surface area contributed by atoms with Gasteiger partial charge in [0.05, 0.1) is 35.0 Å². The number of halogens is 2. The number of ether oxygens (including phenoxy) is 2. The van der Waals surface area contributed by atoms with Crippen LogP contribution >= 0.6 is 27.5 Å². The topological polar surface area (TPSA) is 166 Å². The largest absolute Gasteiger partial charge is 0.488 e. The highest BCUT2D eigenvalue weighted by molar-refractivity contribution is 9.10. The van der Waals surface area contributed by atoms with Gasteiger partial charge in [0, 0.05) is 71.2 Å². The van der Waals surface area contributed by atoms with Crippen LogP contribution in [0.1, 0.15) is 41.5 Å². The molecular formula is C39H40BrClN6O6. The average Bonchev–Trinajstić information content (AvgIpc) is 3.78. The lowest BCUT2D eigenvalue weighted by Crippen LogP contribution is -2.39. The number of unbranched alkanes of at least 4 members (excludes halogenated alkanes) is 1. The van der Waals surface area contributed by atoms with Crippen molar-refractivity contribution >= 4 is 44.4 Å². The van der Waals surface area contributed by atoms with Crippen molar-refractivity contribution in [3.8, 4) is 28.7 Å². The Labute approximate surface area is 320 Å². The first kappa shape index (κ1) is 38.2. The number of nitriles is 1. The molecule has 12 nitrogen and oxygen atoms in total. The SMILES string of the molecule is N#Cc1cncc(COc2cc(OCc3cccc(-c4cccc5c4cnn5CCCCN4CC[C@@H](O)C4)c3Br)c(Cl)cc2CN[C@@H](CO)C(=O)O)c1. The summed E-state index contributed by atoms with van der Waals surface area (Å²) in [6, 6.07) is 18.1. The van der Waals surface area contributed by atoms with E-state index in [0.717, 1.165) is 77.5 Å². The van der Waals surface area contributed by atoms with Crippen LogP contribution in [0.25, 0.3) is 22.0 Å². The molecule has 53 heavy (non-hydrogen) atoms. The van der Waals surface area contributed by atoms with Crippen LogP contribution in [0.2, 0.25) is 5.02 Å². The predicted molar refractivity (Wildman–Crippen MR) is 204 cm³/mol. The molecule has 1 fully saturated rings. The lowest BCUT2D eigenvalue weighted by molar-refractivity contribution is -0.140. The second-order valence-electron chi connectivity index (χ2n) is 13.0. The molecule has 2 atom stereocenters. The van der Waals surface area contributed by atoms with Crippen molar-refractivity contribution in [2.45, 2.75) is 57.7 Å². The maximum atomic E-state index is 11.5. The van der Waals surface area contributed by atoms with Crippen LogP contribution in [0.3, 0.4) is 0 Å². The first-order chi connectivity index (χ1) is 25.7. The summed E-state index contributed by atoms with van der Waals surface area (Å²) in [6.45, 7) is 3.23. The Bertz CT molecular complexity index is 2110. The van der Waals surface area contributed by atoms with Crippen molar-refractivity contribution in [2.75, 3.05) is 26.2 Å². The summed E-state index contributed by atoms with van der Waals surface area (Å²) in [5.41, 5.74) is 5.58. The quantitative estimate of drug-likeness (QED) is 0.0825. The molecule has 2 aromatic heterocycles. The Hall–Kier alpha value is -4.55. The van der Waals surface area contributed by atoms with E-state index >= 15 is 0 Å². The number of hydrogen-bond acceptors (Lipinski definition) is 10. The number of carboxylic acids is 1. The summed E-state index contributed by atoms with van der Waals surface area (Å²) in [4.78, 5) is 17.9. The number of carboxylic acid groups (broad SMARTS) is 1. The zero-order valence-corrected chi connectivity index (χ0v) is 31.3. The molecule has 1 saturated heterocycles. The molecule has 3 heterocycles. The van der Waals surface area contributed by atoms with E-state index in [2.05, 4.69) is 60.1 Å². The number of aryl methyl sites for hydroxylation is 1. The van der Waals surface area contributed by atoms with E-state index in [1.807, 2.05) is 24.4 Å². The number of carbonyl (C=O) groups is 1. The fourth-order valence-electron chi connectivity index (χ4n) is 6.39. The molecule has 4 N–H and O–H groups in total. The lowest BCUT2D eigenvalue weighted by Gasteiger charge is -2.18. The van der Waals surface area contributed by atoms with Crippen molar-refractivity contribution in [3.05, 3.63) is 105 Å². The van der Waals surface area contributed by atoms with Crippen LogP contribution in [-0.4, -0.2) is 79.3 Å². The smallest absolute Gasteiger partial charge is 0.323 e. The van der Waals surface area contributed by atoms with Crippen molar-refractivity contribution < 1.29 is 29.6 Å². The van der Waals surface area contributed by atoms with Crippen LogP contribution in [0.15, 0.2) is 77.7 Å². The van der Waals surface area contributed by atoms with Gasteiger partial charge >= 0.3 is 5.97 Å². The Kier molecular flexibility index (Phi) is 13.0. The highest BCUT2D eigenvalue weighted by Gasteiger charge is 2.21. The van der Waals surface area contributed by atoms with Gasteiger partial charge in [-0.05, 0) is 71.1 Å². The fraction of sp³-hybridized carbons (Fsp3) is 0.333. The molecule has 0 bridgehead atoms. The molecule has 1 aliphatic rings. The Balaban J connectivity index is 1.18. The molecule has 0 aliphatic carbocycles. The number of hydrogen-bond donors (Lipinski definition) is 4. The number of fused-ring (bicyclic) bond motifs is 1. The molecule has 6 rings (SSSR count). The van der Waals surface area contributed by atoms with Crippen LogP contribution in [0.5, 0.6) is 11.5 Å². The predicted octanol–water partition coefficient (Wildman–Crippen LogP) is 5.93. The van der Waals surface area contributed by atoms with Gasteiger partial charge in [0.15, 0.2) is 0 Å². The van der Waals surface area contributed by atoms with Gasteiger partial charge in [0.25, 0.3) is 0 Å². The second kappa shape index (κ2) is 18.0. The fourth-order valence-corrected chi connectivity index (χ4v) is 7.23. The summed E-state index contributed by atoms with van der Waals surface area (Å²) < 4.78 is 15.3. The average molecular weight is 804 g/mol. The van der Waals surface area contributed by atoms with E-state index in [-0.39, 0.29) is 25.9 Å². The number of aliphatic hydroxyl groups excluding tert-OH is 2. The van der Waals surface area contributed by atoms with Crippen LogP contribution < -0.4 is 14.8 Å². The number of likely N-dealkylation sites (tertiary alicyclic amines) is 1. The molecule has 0 amide bonds. The number of nitrogens with one attached hydrogen (secondary N) is 1. The highest BCUT2D eigenvalue weighted by atomic mass is 79.9. The monoisotopic (exact) mass is 802 g/mol. The standard InChI is InChI=1S/C39H40BrClN6O6/c40-38-27(5-3-7-31(38)30-6-4-8-35-32(30)20-45-47(35)11-2-1-10-46-12-9-29(49)21-46)24-53-37-15-36(52-23-26-13-25(16-42)17-43-18-26)28(14-33(37)41)19-44-34(22-48)39(50)51/h3-8,13-15,17-18,20,29,34,44,48-49H,1-2,9-12,19,21-24H2,(H,50,51)/t29-,34+/m1/s1. The van der Waals surface area contributed by atoms with Crippen LogP contribution in [0.4, 0.5) is 0 Å². The van der Waals surface area contributed by atoms with Crippen molar-refractivity contribution in [1.82, 2.24) is 25.0 Å². The number of pyridine rings is 1. The molecule has 0 spiro atoms. The zero-order valence-electron chi connectivity index (χ0n) is 28.9. The minimum absolute atomic E-state index is 0.0443. The molecule has 276 valence electrons. The van der Waals surface area contributed by atoms with Crippen LogP contribution in [0, 0.1) is 11.3 Å². The van der Waals surface area contributed by atoms with Gasteiger partial charge < -0.3 is 29.7 Å². The third-order valence-corrected chi connectivity index (χ3v) is 10.5. The first-order valence-electron chi connectivity index (χ1n) is 17.4. The number of rotatable bonds is 17. The van der Waals surface area contributed by atoms with E-state index < -0.39 is 18.6 Å². The Morgan fingerprint density at radius 3 is 2.60 bits per heavy atom. The number of aromatic nitrogens is 3. The molecule has 0 radical (unpaired) electrons. The lowest BCUT2D eigenvalue weighted by atomic mass is 10.00. The van der Waals surface area contributed by atoms with Crippen LogP contribution in [-0.2, 0) is 31.1 Å². The third kappa shape index (κ3) is 9.52. The summed E-state index contributed by atoms with van der Waals surface area (Å²) in [7, 11) is 0. The summed E-state index contributed by atoms with van der Waals surface area (Å²) >= 11 is 10.5. The zero-order chi connectivity index (χ0) is 37.3. The number of aliphatic carboxylic acids is 1. The van der Waals surface area contributed by atoms with Gasteiger partial charge in [0.2, 0.25) is 0 Å². The van der Waals surface area contributed by atoms with Crippen molar-refractivity contribution in [2.24, 2.45) is 0 Å². The van der Waals surface area contributed by atoms with E-state index in [4.69, 9.17) is 26.2 Å². The molecule has 14 heteroatoms. The van der Waals surface area contributed by atoms with E-state index in [9.17, 15) is 25.4 Å². The molecule has 3 aromatic carbocycles. The van der Waals surface area contributed by atoms with Crippen molar-refractivity contribution in [1.29, 1.82) is 5.26 Å². The van der Waals surface area contributed by atoms with Gasteiger partial charge in [-0.1, -0.05) is 41.9 Å². The van der Waals surface area contributed by atoms with Gasteiger partial charge in [-0.25, -0.2) is 0 Å². The number of aliphatic hydroxyl groups is 2. The highest BCUT2D eigenvalue weighted by Crippen LogP contribution is 2.38. The third-order valence-electron chi connectivity index (χ3n) is 9.23. The number of benzene rings is 3.